The van der Waals surface area contributed by atoms with E-state index in [-0.39, 0.29) is 0 Å². The monoisotopic (exact) mass is 626 g/mol. The summed E-state index contributed by atoms with van der Waals surface area (Å²) in [6.45, 7) is 3.87. The van der Waals surface area contributed by atoms with Gasteiger partial charge in [0.05, 0.1) is 23.6 Å². The van der Waals surface area contributed by atoms with Crippen LogP contribution < -0.4 is 5.73 Å². The van der Waals surface area contributed by atoms with Crippen LogP contribution in [0.15, 0.2) is 91.4 Å². The smallest absolute Gasteiger partial charge is 0.155 e. The van der Waals surface area contributed by atoms with Crippen molar-refractivity contribution in [1.29, 1.82) is 0 Å². The molecule has 0 unspecified atom stereocenters. The SMILES string of the molecule is Cc1cccc(-c2[nH]c(CN(I)Cc3ccccc3-c3ccccc3CN)nc2-c2ccc3ncnn3c2)n1. The number of hydrogen-bond acceptors (Lipinski definition) is 6. The molecule has 0 saturated carbocycles. The van der Waals surface area contributed by atoms with Gasteiger partial charge >= 0.3 is 0 Å². The van der Waals surface area contributed by atoms with E-state index in [0.717, 1.165) is 51.9 Å². The van der Waals surface area contributed by atoms with Gasteiger partial charge in [-0.25, -0.2) is 17.6 Å². The highest BCUT2D eigenvalue weighted by molar-refractivity contribution is 14.1. The second-order valence-corrected chi connectivity index (χ2v) is 10.7. The summed E-state index contributed by atoms with van der Waals surface area (Å²) in [5.41, 5.74) is 16.1. The van der Waals surface area contributed by atoms with Crippen LogP contribution >= 0.6 is 22.9 Å². The highest BCUT2D eigenvalue weighted by Crippen LogP contribution is 2.32. The van der Waals surface area contributed by atoms with Crippen LogP contribution in [0, 0.1) is 6.92 Å². The maximum atomic E-state index is 6.05. The minimum Gasteiger partial charge on any atom is -0.339 e. The number of nitrogens with zero attached hydrogens (tertiary/aromatic N) is 6. The number of nitrogens with one attached hydrogen (secondary N) is 1. The van der Waals surface area contributed by atoms with E-state index in [1.807, 2.05) is 49.5 Å². The van der Waals surface area contributed by atoms with Crippen molar-refractivity contribution in [2.75, 3.05) is 0 Å². The number of halogens is 1. The van der Waals surface area contributed by atoms with Gasteiger partial charge in [0, 0.05) is 53.4 Å². The number of pyridine rings is 2. The summed E-state index contributed by atoms with van der Waals surface area (Å²) >= 11 is 2.38. The highest BCUT2D eigenvalue weighted by atomic mass is 127. The van der Waals surface area contributed by atoms with E-state index in [1.54, 1.807) is 10.8 Å². The molecular formula is C30H27IN8. The topological polar surface area (TPSA) is 101 Å². The van der Waals surface area contributed by atoms with Crippen LogP contribution in [-0.2, 0) is 19.6 Å². The van der Waals surface area contributed by atoms with Gasteiger partial charge in [0.25, 0.3) is 0 Å². The Bertz CT molecular complexity index is 1760. The zero-order chi connectivity index (χ0) is 26.8. The average molecular weight is 627 g/mol. The quantitative estimate of drug-likeness (QED) is 0.160. The molecule has 0 fully saturated rings. The standard InChI is InChI=1S/C30H27IN8/c1-20-7-6-12-26(35-20)30-29(23-13-14-28-33-19-34-39(28)17-23)36-27(37-30)18-38(31)16-22-9-3-5-11-25(22)24-10-4-2-8-21(24)15-32/h2-14,17,19H,15-16,18,32H2,1H3,(H,36,37). The highest BCUT2D eigenvalue weighted by Gasteiger charge is 2.18. The summed E-state index contributed by atoms with van der Waals surface area (Å²) < 4.78 is 4.00. The molecule has 0 amide bonds. The summed E-state index contributed by atoms with van der Waals surface area (Å²) in [6.07, 6.45) is 3.50. The lowest BCUT2D eigenvalue weighted by Gasteiger charge is -2.17. The zero-order valence-electron chi connectivity index (χ0n) is 21.4. The van der Waals surface area contributed by atoms with Gasteiger partial charge in [-0.05, 0) is 53.4 Å². The van der Waals surface area contributed by atoms with Crippen molar-refractivity contribution in [3.63, 3.8) is 0 Å². The lowest BCUT2D eigenvalue weighted by Crippen LogP contribution is -2.12. The molecule has 9 heteroatoms. The molecule has 0 aliphatic heterocycles. The Kier molecular flexibility index (Phi) is 7.18. The Morgan fingerprint density at radius 3 is 2.44 bits per heavy atom. The molecule has 2 aromatic carbocycles. The van der Waals surface area contributed by atoms with Crippen LogP contribution in [0.4, 0.5) is 0 Å². The number of hydrogen-bond donors (Lipinski definition) is 2. The second-order valence-electron chi connectivity index (χ2n) is 9.35. The lowest BCUT2D eigenvalue weighted by atomic mass is 9.95. The van der Waals surface area contributed by atoms with Crippen molar-refractivity contribution < 1.29 is 0 Å². The van der Waals surface area contributed by atoms with Crippen molar-refractivity contribution in [3.05, 3.63) is 114 Å². The molecule has 3 N–H and O–H groups in total. The second kappa shape index (κ2) is 11.0. The Hall–Kier alpha value is -3.93. The normalized spacial score (nSPS) is 11.5. The number of nitrogens with two attached hydrogens (primary N) is 1. The molecule has 4 aromatic heterocycles. The first-order valence-corrected chi connectivity index (χ1v) is 13.6. The Balaban J connectivity index is 1.33. The van der Waals surface area contributed by atoms with Gasteiger partial charge in [-0.2, -0.15) is 5.10 Å². The molecule has 0 radical (unpaired) electrons. The average Bonchev–Trinajstić information content (AvgIpc) is 3.60. The van der Waals surface area contributed by atoms with Crippen molar-refractivity contribution in [2.45, 2.75) is 26.6 Å². The maximum Gasteiger partial charge on any atom is 0.155 e. The third-order valence-electron chi connectivity index (χ3n) is 6.65. The van der Waals surface area contributed by atoms with E-state index >= 15 is 0 Å². The van der Waals surface area contributed by atoms with Gasteiger partial charge in [0.1, 0.15) is 12.2 Å². The Morgan fingerprint density at radius 2 is 1.64 bits per heavy atom. The van der Waals surface area contributed by atoms with Crippen LogP contribution in [0.3, 0.4) is 0 Å². The lowest BCUT2D eigenvalue weighted by molar-refractivity contribution is 0.490. The minimum atomic E-state index is 0.504. The minimum absolute atomic E-state index is 0.504. The van der Waals surface area contributed by atoms with Crippen molar-refractivity contribution in [3.8, 4) is 33.8 Å². The molecule has 0 spiro atoms. The summed E-state index contributed by atoms with van der Waals surface area (Å²) in [6, 6.07) is 26.8. The van der Waals surface area contributed by atoms with E-state index in [4.69, 9.17) is 15.7 Å². The van der Waals surface area contributed by atoms with E-state index in [1.165, 1.54) is 16.7 Å². The fourth-order valence-electron chi connectivity index (χ4n) is 4.82. The third-order valence-corrected chi connectivity index (χ3v) is 7.34. The molecule has 0 atom stereocenters. The number of H-pyrrole nitrogens is 1. The Labute approximate surface area is 240 Å². The third kappa shape index (κ3) is 5.33. The summed E-state index contributed by atoms with van der Waals surface area (Å²) in [5, 5.41) is 4.30. The predicted octanol–water partition coefficient (Wildman–Crippen LogP) is 5.97. The molecule has 0 aliphatic rings. The number of benzene rings is 2. The largest absolute Gasteiger partial charge is 0.339 e. The summed E-state index contributed by atoms with van der Waals surface area (Å²) in [4.78, 5) is 17.7. The first kappa shape index (κ1) is 25.4. The van der Waals surface area contributed by atoms with Gasteiger partial charge in [0.15, 0.2) is 5.65 Å². The molecule has 0 saturated heterocycles. The summed E-state index contributed by atoms with van der Waals surface area (Å²) in [5.74, 6) is 0.858. The first-order chi connectivity index (χ1) is 19.1. The van der Waals surface area contributed by atoms with Gasteiger partial charge < -0.3 is 10.7 Å². The van der Waals surface area contributed by atoms with Crippen LogP contribution in [0.2, 0.25) is 0 Å². The van der Waals surface area contributed by atoms with Crippen LogP contribution in [0.5, 0.6) is 0 Å². The van der Waals surface area contributed by atoms with E-state index in [9.17, 15) is 0 Å². The molecule has 6 aromatic rings. The molecule has 0 bridgehead atoms. The maximum absolute atomic E-state index is 6.05. The molecule has 39 heavy (non-hydrogen) atoms. The van der Waals surface area contributed by atoms with E-state index in [0.29, 0.717) is 13.1 Å². The van der Waals surface area contributed by atoms with E-state index < -0.39 is 0 Å². The zero-order valence-corrected chi connectivity index (χ0v) is 23.6. The predicted molar refractivity (Wildman–Crippen MR) is 162 cm³/mol. The number of imidazole rings is 1. The van der Waals surface area contributed by atoms with Crippen LogP contribution in [0.1, 0.15) is 22.6 Å². The fourth-order valence-corrected chi connectivity index (χ4v) is 5.51. The van der Waals surface area contributed by atoms with Gasteiger partial charge in [-0.3, -0.25) is 4.98 Å². The van der Waals surface area contributed by atoms with E-state index in [2.05, 4.69) is 83.5 Å². The van der Waals surface area contributed by atoms with Gasteiger partial charge in [0.2, 0.25) is 0 Å². The molecule has 6 rings (SSSR count). The number of rotatable bonds is 8. The number of aromatic amines is 1. The van der Waals surface area contributed by atoms with Crippen molar-refractivity contribution in [1.82, 2.24) is 32.7 Å². The fraction of sp³-hybridized carbons (Fsp3) is 0.133. The van der Waals surface area contributed by atoms with Gasteiger partial charge in [-0.1, -0.05) is 54.6 Å². The Morgan fingerprint density at radius 1 is 0.872 bits per heavy atom. The van der Waals surface area contributed by atoms with Crippen molar-refractivity contribution in [2.24, 2.45) is 5.73 Å². The molecule has 8 nitrogen and oxygen atoms in total. The molecule has 0 aliphatic carbocycles. The number of aromatic nitrogens is 6. The first-order valence-electron chi connectivity index (χ1n) is 12.7. The number of aryl methyl sites for hydroxylation is 1. The molecular weight excluding hydrogens is 599 g/mol. The molecule has 194 valence electrons. The molecule has 4 heterocycles. The van der Waals surface area contributed by atoms with Crippen LogP contribution in [-0.4, -0.2) is 32.7 Å². The summed E-state index contributed by atoms with van der Waals surface area (Å²) in [7, 11) is 0. The number of fused-ring (bicyclic) bond motifs is 1. The van der Waals surface area contributed by atoms with Crippen molar-refractivity contribution >= 4 is 28.5 Å². The van der Waals surface area contributed by atoms with Gasteiger partial charge in [-0.15, -0.1) is 0 Å². The van der Waals surface area contributed by atoms with Crippen LogP contribution in [0.25, 0.3) is 39.4 Å².